The van der Waals surface area contributed by atoms with E-state index in [0.29, 0.717) is 6.04 Å². The molecule has 200 valence electrons. The number of alkyl halides is 6. The number of thiazole rings is 1. The van der Waals surface area contributed by atoms with Gasteiger partial charge in [0.2, 0.25) is 0 Å². The summed E-state index contributed by atoms with van der Waals surface area (Å²) < 4.78 is 69.8. The van der Waals surface area contributed by atoms with Crippen molar-refractivity contribution in [3.8, 4) is 0 Å². The van der Waals surface area contributed by atoms with Gasteiger partial charge in [-0.1, -0.05) is 0 Å². The lowest BCUT2D eigenvalue weighted by Gasteiger charge is -2.38. The van der Waals surface area contributed by atoms with Crippen molar-refractivity contribution in [1.82, 2.24) is 14.8 Å². The number of hydrogen-bond donors (Lipinski definition) is 2. The van der Waals surface area contributed by atoms with E-state index in [-0.39, 0.29) is 5.60 Å². The molecule has 15 heteroatoms. The van der Waals surface area contributed by atoms with Gasteiger partial charge in [-0.05, 0) is 39.2 Å². The van der Waals surface area contributed by atoms with Gasteiger partial charge in [-0.25, -0.2) is 14.6 Å². The molecule has 4 rings (SSSR count). The van der Waals surface area contributed by atoms with E-state index >= 15 is 0 Å². The fraction of sp³-hybridized carbons (Fsp3) is 0.750. The van der Waals surface area contributed by atoms with Gasteiger partial charge in [0.25, 0.3) is 0 Å². The smallest absolute Gasteiger partial charge is 0.475 e. The Morgan fingerprint density at radius 2 is 1.63 bits per heavy atom. The molecule has 0 bridgehead atoms. The minimum atomic E-state index is -5.08. The highest BCUT2D eigenvalue weighted by Gasteiger charge is 2.46. The van der Waals surface area contributed by atoms with Crippen molar-refractivity contribution in [3.63, 3.8) is 0 Å². The highest BCUT2D eigenvalue weighted by Crippen LogP contribution is 2.40. The molecule has 1 spiro atoms. The molecule has 1 aromatic heterocycles. The number of nitrogens with zero attached hydrogens (tertiary/aromatic N) is 3. The van der Waals surface area contributed by atoms with Crippen LogP contribution < -0.4 is 0 Å². The first kappa shape index (κ1) is 29.3. The molecular formula is C20H27F6N3O5S. The quantitative estimate of drug-likeness (QED) is 0.564. The number of aromatic nitrogens is 1. The summed E-state index contributed by atoms with van der Waals surface area (Å²) in [7, 11) is 2.29. The molecule has 3 heterocycles. The second kappa shape index (κ2) is 11.8. The third kappa shape index (κ3) is 9.54. The third-order valence-corrected chi connectivity index (χ3v) is 6.75. The van der Waals surface area contributed by atoms with E-state index in [4.69, 9.17) is 24.5 Å². The van der Waals surface area contributed by atoms with E-state index in [1.54, 1.807) is 11.3 Å². The summed E-state index contributed by atoms with van der Waals surface area (Å²) in [6.07, 6.45) is -1.86. The number of piperidine rings is 1. The van der Waals surface area contributed by atoms with Crippen LogP contribution in [0.25, 0.3) is 0 Å². The maximum absolute atomic E-state index is 10.6. The van der Waals surface area contributed by atoms with Crippen molar-refractivity contribution in [2.24, 2.45) is 0 Å². The third-order valence-electron chi connectivity index (χ3n) is 5.98. The number of likely N-dealkylation sites (tertiary alicyclic amines) is 1. The topological polar surface area (TPSA) is 103 Å². The van der Waals surface area contributed by atoms with Gasteiger partial charge in [-0.3, -0.25) is 9.80 Å². The summed E-state index contributed by atoms with van der Waals surface area (Å²) in [5, 5.41) is 17.6. The molecule has 1 atom stereocenters. The van der Waals surface area contributed by atoms with Gasteiger partial charge in [0.1, 0.15) is 5.01 Å². The van der Waals surface area contributed by atoms with Gasteiger partial charge in [0.15, 0.2) is 0 Å². The molecule has 2 N–H and O–H groups in total. The molecular weight excluding hydrogens is 508 g/mol. The van der Waals surface area contributed by atoms with E-state index in [1.807, 2.05) is 6.20 Å². The number of ether oxygens (including phenoxy) is 1. The largest absolute Gasteiger partial charge is 0.490 e. The van der Waals surface area contributed by atoms with Crippen molar-refractivity contribution in [2.75, 3.05) is 26.7 Å². The second-order valence-corrected chi connectivity index (χ2v) is 9.54. The van der Waals surface area contributed by atoms with Crippen LogP contribution in [0.15, 0.2) is 11.6 Å². The van der Waals surface area contributed by atoms with Gasteiger partial charge in [0, 0.05) is 36.8 Å². The van der Waals surface area contributed by atoms with Crippen LogP contribution >= 0.6 is 11.3 Å². The number of rotatable bonds is 4. The van der Waals surface area contributed by atoms with Gasteiger partial charge >= 0.3 is 24.3 Å². The normalized spacial score (nSPS) is 22.2. The average Bonchev–Trinajstić information content (AvgIpc) is 3.33. The SMILES string of the molecule is CN(C1CC1)C1COC2(CCN(Cc3nccs3)CC2)C1.O=C(O)C(F)(F)F.O=C(O)C(F)(F)F. The molecule has 3 aliphatic rings. The number of hydrogen-bond acceptors (Lipinski definition) is 7. The van der Waals surface area contributed by atoms with Gasteiger partial charge in [-0.2, -0.15) is 26.3 Å². The van der Waals surface area contributed by atoms with Crippen LogP contribution in [0.5, 0.6) is 0 Å². The maximum Gasteiger partial charge on any atom is 0.490 e. The number of carboxylic acids is 2. The monoisotopic (exact) mass is 535 g/mol. The van der Waals surface area contributed by atoms with Crippen LogP contribution in [0.2, 0.25) is 0 Å². The molecule has 0 amide bonds. The van der Waals surface area contributed by atoms with Crippen LogP contribution in [0, 0.1) is 0 Å². The summed E-state index contributed by atoms with van der Waals surface area (Å²) in [5.74, 6) is -5.51. The zero-order valence-electron chi connectivity index (χ0n) is 18.8. The lowest BCUT2D eigenvalue weighted by atomic mass is 9.87. The Labute approximate surface area is 201 Å². The van der Waals surface area contributed by atoms with Crippen molar-refractivity contribution in [3.05, 3.63) is 16.6 Å². The summed E-state index contributed by atoms with van der Waals surface area (Å²) in [4.78, 5) is 27.3. The Morgan fingerprint density at radius 3 is 2.03 bits per heavy atom. The predicted octanol–water partition coefficient (Wildman–Crippen LogP) is 3.63. The van der Waals surface area contributed by atoms with E-state index in [0.717, 1.165) is 32.3 Å². The minimum Gasteiger partial charge on any atom is -0.475 e. The number of likely N-dealkylation sites (N-methyl/N-ethyl adjacent to an activating group) is 1. The Kier molecular flexibility index (Phi) is 9.90. The molecule has 1 saturated carbocycles. The van der Waals surface area contributed by atoms with E-state index in [9.17, 15) is 26.3 Å². The fourth-order valence-corrected chi connectivity index (χ4v) is 4.51. The summed E-state index contributed by atoms with van der Waals surface area (Å²) in [6.45, 7) is 4.26. The Balaban J connectivity index is 0.000000257. The molecule has 3 fully saturated rings. The zero-order valence-corrected chi connectivity index (χ0v) is 19.6. The van der Waals surface area contributed by atoms with Gasteiger partial charge in [-0.15, -0.1) is 11.3 Å². The Hall–Kier alpha value is -1.97. The maximum atomic E-state index is 10.6. The van der Waals surface area contributed by atoms with Crippen LogP contribution in [-0.4, -0.2) is 93.7 Å². The van der Waals surface area contributed by atoms with Crippen LogP contribution in [-0.2, 0) is 20.9 Å². The highest BCUT2D eigenvalue weighted by molar-refractivity contribution is 7.09. The molecule has 0 radical (unpaired) electrons. The van der Waals surface area contributed by atoms with Gasteiger partial charge in [0.05, 0.1) is 18.8 Å². The van der Waals surface area contributed by atoms with Crippen LogP contribution in [0.1, 0.15) is 37.1 Å². The lowest BCUT2D eigenvalue weighted by molar-refractivity contribution is -0.193. The molecule has 35 heavy (non-hydrogen) atoms. The van der Waals surface area contributed by atoms with Gasteiger partial charge < -0.3 is 14.9 Å². The Morgan fingerprint density at radius 1 is 1.11 bits per heavy atom. The van der Waals surface area contributed by atoms with Crippen molar-refractivity contribution in [2.45, 2.75) is 68.7 Å². The number of aliphatic carboxylic acids is 2. The number of halogens is 6. The Bertz CT molecular complexity index is 800. The summed E-state index contributed by atoms with van der Waals surface area (Å²) >= 11 is 1.76. The molecule has 0 aromatic carbocycles. The summed E-state index contributed by atoms with van der Waals surface area (Å²) in [6, 6.07) is 1.50. The standard InChI is InChI=1S/C16H25N3OS.2C2HF3O2/c1-18(13-2-3-13)14-10-16(20-12-14)4-7-19(8-5-16)11-15-17-6-9-21-15;2*3-2(4,5)1(6)7/h6,9,13-14H,2-5,7-8,10-12H2,1H3;2*(H,6,7). The number of carboxylic acid groups (broad SMARTS) is 2. The van der Waals surface area contributed by atoms with E-state index in [1.165, 1.54) is 37.1 Å². The zero-order chi connectivity index (χ0) is 26.4. The summed E-state index contributed by atoms with van der Waals surface area (Å²) in [5.41, 5.74) is 0.174. The molecule has 1 aromatic rings. The highest BCUT2D eigenvalue weighted by atomic mass is 32.1. The molecule has 2 aliphatic heterocycles. The lowest BCUT2D eigenvalue weighted by Crippen LogP contribution is -2.44. The molecule has 1 aliphatic carbocycles. The molecule has 8 nitrogen and oxygen atoms in total. The van der Waals surface area contributed by atoms with E-state index in [2.05, 4.69) is 27.2 Å². The first-order valence-electron chi connectivity index (χ1n) is 10.7. The first-order valence-corrected chi connectivity index (χ1v) is 11.6. The predicted molar refractivity (Wildman–Crippen MR) is 112 cm³/mol. The second-order valence-electron chi connectivity index (χ2n) is 8.56. The van der Waals surface area contributed by atoms with Crippen LogP contribution in [0.4, 0.5) is 26.3 Å². The average molecular weight is 536 g/mol. The van der Waals surface area contributed by atoms with E-state index < -0.39 is 24.3 Å². The molecule has 1 unspecified atom stereocenters. The number of carbonyl (C=O) groups is 2. The van der Waals surface area contributed by atoms with Crippen LogP contribution in [0.3, 0.4) is 0 Å². The first-order chi connectivity index (χ1) is 16.1. The van der Waals surface area contributed by atoms with Crippen molar-refractivity contribution >= 4 is 23.3 Å². The fourth-order valence-electron chi connectivity index (χ4n) is 3.85. The van der Waals surface area contributed by atoms with Crippen molar-refractivity contribution in [1.29, 1.82) is 0 Å². The molecule has 2 saturated heterocycles. The minimum absolute atomic E-state index is 0.174. The van der Waals surface area contributed by atoms with Crippen molar-refractivity contribution < 1.29 is 50.9 Å².